The van der Waals surface area contributed by atoms with Crippen molar-refractivity contribution in [2.24, 2.45) is 0 Å². The van der Waals surface area contributed by atoms with Crippen LogP contribution in [0.3, 0.4) is 0 Å². The van der Waals surface area contributed by atoms with Gasteiger partial charge in [0.1, 0.15) is 4.60 Å². The highest BCUT2D eigenvalue weighted by molar-refractivity contribution is 9.10. The first-order valence-electron chi connectivity index (χ1n) is 6.79. The van der Waals surface area contributed by atoms with Crippen LogP contribution in [0.1, 0.15) is 25.7 Å². The van der Waals surface area contributed by atoms with E-state index in [-0.39, 0.29) is 12.1 Å². The van der Waals surface area contributed by atoms with Gasteiger partial charge in [-0.15, -0.1) is 10.2 Å². The first kappa shape index (κ1) is 13.6. The van der Waals surface area contributed by atoms with E-state index >= 15 is 0 Å². The number of fused-ring (bicyclic) bond motifs is 2. The number of amides is 1. The number of piperidine rings is 1. The van der Waals surface area contributed by atoms with Crippen LogP contribution < -0.4 is 4.90 Å². The first-order valence-corrected chi connectivity index (χ1v) is 7.59. The molecule has 0 spiro atoms. The lowest BCUT2D eigenvalue weighted by Crippen LogP contribution is -2.51. The Labute approximate surface area is 125 Å². The number of halogens is 1. The van der Waals surface area contributed by atoms with Gasteiger partial charge >= 0.3 is 6.09 Å². The van der Waals surface area contributed by atoms with Gasteiger partial charge in [-0.3, -0.25) is 0 Å². The van der Waals surface area contributed by atoms with Crippen molar-refractivity contribution < 1.29 is 9.90 Å². The van der Waals surface area contributed by atoms with Crippen LogP contribution in [0.4, 0.5) is 10.6 Å². The van der Waals surface area contributed by atoms with Crippen molar-refractivity contribution in [1.82, 2.24) is 15.1 Å². The average Bonchev–Trinajstić information content (AvgIpc) is 2.70. The van der Waals surface area contributed by atoms with E-state index < -0.39 is 6.09 Å². The maximum Gasteiger partial charge on any atom is 0.407 e. The second kappa shape index (κ2) is 5.20. The molecule has 0 unspecified atom stereocenters. The van der Waals surface area contributed by atoms with Crippen molar-refractivity contribution in [3.05, 3.63) is 16.7 Å². The van der Waals surface area contributed by atoms with Gasteiger partial charge in [-0.2, -0.15) is 0 Å². The fraction of sp³-hybridized carbons (Fsp3) is 0.615. The van der Waals surface area contributed by atoms with Crippen LogP contribution in [0.5, 0.6) is 0 Å². The molecule has 2 bridgehead atoms. The molecule has 6 nitrogen and oxygen atoms in total. The van der Waals surface area contributed by atoms with Crippen LogP contribution in [-0.2, 0) is 0 Å². The summed E-state index contributed by atoms with van der Waals surface area (Å²) in [5.74, 6) is 0.835. The highest BCUT2D eigenvalue weighted by Gasteiger charge is 2.44. The van der Waals surface area contributed by atoms with Crippen molar-refractivity contribution in [3.8, 4) is 0 Å². The summed E-state index contributed by atoms with van der Waals surface area (Å²) in [6, 6.07) is 4.45. The van der Waals surface area contributed by atoms with E-state index in [1.165, 1.54) is 0 Å². The zero-order valence-corrected chi connectivity index (χ0v) is 12.8. The molecule has 20 heavy (non-hydrogen) atoms. The quantitative estimate of drug-likeness (QED) is 0.894. The lowest BCUT2D eigenvalue weighted by molar-refractivity contribution is 0.0965. The lowest BCUT2D eigenvalue weighted by atomic mass is 9.96. The van der Waals surface area contributed by atoms with E-state index in [9.17, 15) is 9.90 Å². The largest absolute Gasteiger partial charge is 0.465 e. The molecule has 3 heterocycles. The summed E-state index contributed by atoms with van der Waals surface area (Å²) < 4.78 is 0.718. The Hall–Kier alpha value is -1.37. The Morgan fingerprint density at radius 2 is 2.00 bits per heavy atom. The van der Waals surface area contributed by atoms with E-state index in [1.54, 1.807) is 4.90 Å². The Morgan fingerprint density at radius 1 is 1.35 bits per heavy atom. The molecule has 1 amide bonds. The third-order valence-corrected chi connectivity index (χ3v) is 4.88. The number of carbonyl (C=O) groups is 1. The van der Waals surface area contributed by atoms with E-state index in [1.807, 2.05) is 19.2 Å². The zero-order valence-electron chi connectivity index (χ0n) is 11.2. The van der Waals surface area contributed by atoms with Crippen LogP contribution in [0.2, 0.25) is 0 Å². The van der Waals surface area contributed by atoms with Crippen molar-refractivity contribution in [2.75, 3.05) is 11.9 Å². The smallest absolute Gasteiger partial charge is 0.407 e. The molecule has 2 saturated heterocycles. The van der Waals surface area contributed by atoms with Crippen molar-refractivity contribution in [3.63, 3.8) is 0 Å². The Kier molecular flexibility index (Phi) is 3.54. The predicted octanol–water partition coefficient (Wildman–Crippen LogP) is 2.35. The molecule has 7 heteroatoms. The highest BCUT2D eigenvalue weighted by Crippen LogP contribution is 2.38. The summed E-state index contributed by atoms with van der Waals surface area (Å²) in [6.45, 7) is 0. The van der Waals surface area contributed by atoms with Gasteiger partial charge in [0.05, 0.1) is 0 Å². The maximum atomic E-state index is 11.3. The molecule has 1 N–H and O–H groups in total. The second-order valence-corrected chi connectivity index (χ2v) is 6.34. The van der Waals surface area contributed by atoms with Crippen molar-refractivity contribution in [1.29, 1.82) is 0 Å². The van der Waals surface area contributed by atoms with Gasteiger partial charge in [0.2, 0.25) is 0 Å². The van der Waals surface area contributed by atoms with E-state index in [0.717, 1.165) is 36.1 Å². The molecule has 1 aromatic rings. The summed E-state index contributed by atoms with van der Waals surface area (Å²) in [4.78, 5) is 15.1. The second-order valence-electron chi connectivity index (χ2n) is 5.53. The van der Waals surface area contributed by atoms with E-state index in [2.05, 4.69) is 31.0 Å². The third kappa shape index (κ3) is 2.34. The number of hydrogen-bond donors (Lipinski definition) is 1. The normalized spacial score (nSPS) is 28.5. The Morgan fingerprint density at radius 3 is 2.50 bits per heavy atom. The number of aromatic nitrogens is 2. The van der Waals surface area contributed by atoms with Gasteiger partial charge in [-0.25, -0.2) is 4.79 Å². The van der Waals surface area contributed by atoms with Gasteiger partial charge in [-0.05, 0) is 53.7 Å². The number of nitrogens with zero attached hydrogens (tertiary/aromatic N) is 4. The average molecular weight is 341 g/mol. The predicted molar refractivity (Wildman–Crippen MR) is 77.8 cm³/mol. The minimum absolute atomic E-state index is 0.155. The monoisotopic (exact) mass is 340 g/mol. The number of anilines is 1. The van der Waals surface area contributed by atoms with Crippen LogP contribution in [0.15, 0.2) is 16.7 Å². The minimum atomic E-state index is -0.776. The fourth-order valence-corrected chi connectivity index (χ4v) is 3.67. The summed E-state index contributed by atoms with van der Waals surface area (Å²) in [5.41, 5.74) is 0. The molecule has 2 atom stereocenters. The summed E-state index contributed by atoms with van der Waals surface area (Å²) in [7, 11) is 2.01. The molecule has 2 aliphatic rings. The number of carboxylic acid groups (broad SMARTS) is 1. The van der Waals surface area contributed by atoms with Crippen LogP contribution in [0.25, 0.3) is 0 Å². The number of rotatable bonds is 2. The molecular formula is C13H17BrN4O2. The fourth-order valence-electron chi connectivity index (χ4n) is 3.46. The third-order valence-electron chi connectivity index (χ3n) is 4.46. The molecule has 2 fully saturated rings. The summed E-state index contributed by atoms with van der Waals surface area (Å²) in [6.07, 6.45) is 2.93. The van der Waals surface area contributed by atoms with Gasteiger partial charge < -0.3 is 14.9 Å². The molecular weight excluding hydrogens is 324 g/mol. The number of hydrogen-bond acceptors (Lipinski definition) is 4. The van der Waals surface area contributed by atoms with Gasteiger partial charge in [0.15, 0.2) is 5.82 Å². The molecule has 3 rings (SSSR count). The molecule has 0 radical (unpaired) electrons. The first-order chi connectivity index (χ1) is 9.56. The van der Waals surface area contributed by atoms with Crippen molar-refractivity contribution >= 4 is 27.8 Å². The summed E-state index contributed by atoms with van der Waals surface area (Å²) in [5, 5.41) is 17.5. The molecule has 2 aliphatic heterocycles. The summed E-state index contributed by atoms with van der Waals surface area (Å²) >= 11 is 3.28. The zero-order chi connectivity index (χ0) is 14.3. The molecule has 0 aromatic carbocycles. The molecule has 1 aromatic heterocycles. The van der Waals surface area contributed by atoms with Crippen LogP contribution in [0, 0.1) is 0 Å². The van der Waals surface area contributed by atoms with Crippen LogP contribution in [-0.4, -0.2) is 51.5 Å². The minimum Gasteiger partial charge on any atom is -0.465 e. The molecule has 0 saturated carbocycles. The Bertz CT molecular complexity index is 496. The van der Waals surface area contributed by atoms with Gasteiger partial charge in [-0.1, -0.05) is 0 Å². The maximum absolute atomic E-state index is 11.3. The SMILES string of the molecule is CN(c1ccc(Br)nn1)C1C[C@H]2CC[C@H](C1)N2C(=O)O. The topological polar surface area (TPSA) is 69.6 Å². The lowest BCUT2D eigenvalue weighted by Gasteiger charge is -2.41. The van der Waals surface area contributed by atoms with Gasteiger partial charge in [0, 0.05) is 25.2 Å². The highest BCUT2D eigenvalue weighted by atomic mass is 79.9. The van der Waals surface area contributed by atoms with Crippen molar-refractivity contribution in [2.45, 2.75) is 43.8 Å². The van der Waals surface area contributed by atoms with E-state index in [4.69, 9.17) is 0 Å². The molecule has 108 valence electrons. The van der Waals surface area contributed by atoms with E-state index in [0.29, 0.717) is 6.04 Å². The standard InChI is InChI=1S/C13H17BrN4O2/c1-17(12-5-4-11(14)15-16-12)10-6-8-2-3-9(7-10)18(8)13(19)20/h4-5,8-10H,2-3,6-7H2,1H3,(H,19,20)/t8-,9-/m1/s1. The van der Waals surface area contributed by atoms with Crippen LogP contribution >= 0.6 is 15.9 Å². The Balaban J connectivity index is 1.74. The molecule has 0 aliphatic carbocycles. The van der Waals surface area contributed by atoms with Gasteiger partial charge in [0.25, 0.3) is 0 Å².